The van der Waals surface area contributed by atoms with Gasteiger partial charge in [-0.25, -0.2) is 0 Å². The van der Waals surface area contributed by atoms with Crippen LogP contribution < -0.4 is 0 Å². The molecule has 0 unspecified atom stereocenters. The van der Waals surface area contributed by atoms with Gasteiger partial charge in [-0.3, -0.25) is 4.79 Å². The molecule has 1 fully saturated rings. The van der Waals surface area contributed by atoms with E-state index in [4.69, 9.17) is 0 Å². The third kappa shape index (κ3) is 1.77. The van der Waals surface area contributed by atoms with Crippen LogP contribution in [-0.2, 0) is 4.79 Å². The Morgan fingerprint density at radius 2 is 2.07 bits per heavy atom. The molecule has 1 aromatic carbocycles. The average molecular weight is 207 g/mol. The number of amides is 1. The molecule has 1 aliphatic rings. The minimum atomic E-state index is 0.207. The van der Waals surface area contributed by atoms with Gasteiger partial charge >= 0.3 is 0 Å². The van der Waals surface area contributed by atoms with Crippen molar-refractivity contribution in [2.24, 2.45) is 0 Å². The number of thioether (sulfide) groups is 1. The molecule has 2 nitrogen and oxygen atoms in total. The first-order valence-electron chi connectivity index (χ1n) is 4.71. The lowest BCUT2D eigenvalue weighted by atomic mass is 10.1. The zero-order valence-electron chi connectivity index (χ0n) is 8.14. The van der Waals surface area contributed by atoms with E-state index in [9.17, 15) is 4.79 Å². The fourth-order valence-corrected chi connectivity index (χ4v) is 2.62. The summed E-state index contributed by atoms with van der Waals surface area (Å²) in [4.78, 5) is 13.4. The molecule has 1 aliphatic heterocycles. The first-order chi connectivity index (χ1) is 6.79. The second kappa shape index (κ2) is 4.05. The molecule has 0 bridgehead atoms. The van der Waals surface area contributed by atoms with Crippen LogP contribution in [0.25, 0.3) is 0 Å². The first kappa shape index (κ1) is 9.59. The lowest BCUT2D eigenvalue weighted by Gasteiger charge is -2.23. The Balaban J connectivity index is 2.16. The minimum Gasteiger partial charge on any atom is -0.326 e. The SMILES string of the molecule is C[C@H](c1ccccc1)N1CSCC1=O. The van der Waals surface area contributed by atoms with Gasteiger partial charge in [-0.1, -0.05) is 30.3 Å². The molecule has 0 saturated carbocycles. The fourth-order valence-electron chi connectivity index (χ4n) is 1.63. The van der Waals surface area contributed by atoms with E-state index in [2.05, 4.69) is 19.1 Å². The maximum Gasteiger partial charge on any atom is 0.233 e. The zero-order chi connectivity index (χ0) is 9.97. The van der Waals surface area contributed by atoms with Gasteiger partial charge in [0.2, 0.25) is 5.91 Å². The number of benzene rings is 1. The number of nitrogens with zero attached hydrogens (tertiary/aromatic N) is 1. The summed E-state index contributed by atoms with van der Waals surface area (Å²) in [5.74, 6) is 1.72. The van der Waals surface area contributed by atoms with Crippen LogP contribution in [0, 0.1) is 0 Å². The minimum absolute atomic E-state index is 0.207. The van der Waals surface area contributed by atoms with Gasteiger partial charge in [0.1, 0.15) is 0 Å². The Morgan fingerprint density at radius 3 is 2.64 bits per heavy atom. The summed E-state index contributed by atoms with van der Waals surface area (Å²) in [5, 5.41) is 0. The van der Waals surface area contributed by atoms with Crippen LogP contribution in [0.4, 0.5) is 0 Å². The van der Waals surface area contributed by atoms with E-state index in [0.29, 0.717) is 5.75 Å². The smallest absolute Gasteiger partial charge is 0.233 e. The Morgan fingerprint density at radius 1 is 1.36 bits per heavy atom. The first-order valence-corrected chi connectivity index (χ1v) is 5.86. The topological polar surface area (TPSA) is 20.3 Å². The maximum absolute atomic E-state index is 11.5. The second-order valence-electron chi connectivity index (χ2n) is 3.43. The number of hydrogen-bond acceptors (Lipinski definition) is 2. The van der Waals surface area contributed by atoms with Crippen LogP contribution in [0.2, 0.25) is 0 Å². The predicted molar refractivity (Wildman–Crippen MR) is 59.0 cm³/mol. The van der Waals surface area contributed by atoms with Crippen molar-refractivity contribution in [2.75, 3.05) is 11.6 Å². The van der Waals surface area contributed by atoms with Crippen molar-refractivity contribution in [1.29, 1.82) is 0 Å². The van der Waals surface area contributed by atoms with Gasteiger partial charge in [0.25, 0.3) is 0 Å². The molecule has 2 rings (SSSR count). The highest BCUT2D eigenvalue weighted by atomic mass is 32.2. The van der Waals surface area contributed by atoms with Crippen molar-refractivity contribution in [3.8, 4) is 0 Å². The van der Waals surface area contributed by atoms with Gasteiger partial charge in [0.15, 0.2) is 0 Å². The van der Waals surface area contributed by atoms with Gasteiger partial charge in [-0.15, -0.1) is 11.8 Å². The van der Waals surface area contributed by atoms with Crippen molar-refractivity contribution in [1.82, 2.24) is 4.90 Å². The van der Waals surface area contributed by atoms with Crippen LogP contribution in [0.1, 0.15) is 18.5 Å². The lowest BCUT2D eigenvalue weighted by Crippen LogP contribution is -2.28. The van der Waals surface area contributed by atoms with Crippen LogP contribution in [-0.4, -0.2) is 22.4 Å². The van der Waals surface area contributed by atoms with E-state index in [1.165, 1.54) is 5.56 Å². The molecule has 1 heterocycles. The quantitative estimate of drug-likeness (QED) is 0.741. The summed E-state index contributed by atoms with van der Waals surface area (Å²) < 4.78 is 0. The molecule has 1 atom stereocenters. The number of carbonyl (C=O) groups is 1. The van der Waals surface area contributed by atoms with E-state index in [0.717, 1.165) is 5.88 Å². The van der Waals surface area contributed by atoms with Gasteiger partial charge in [0, 0.05) is 0 Å². The summed E-state index contributed by atoms with van der Waals surface area (Å²) >= 11 is 1.69. The van der Waals surface area contributed by atoms with Crippen molar-refractivity contribution >= 4 is 17.7 Å². The van der Waals surface area contributed by atoms with E-state index in [1.807, 2.05) is 23.1 Å². The second-order valence-corrected chi connectivity index (χ2v) is 4.38. The zero-order valence-corrected chi connectivity index (χ0v) is 8.96. The van der Waals surface area contributed by atoms with Gasteiger partial charge in [-0.2, -0.15) is 0 Å². The normalized spacial score (nSPS) is 18.6. The van der Waals surface area contributed by atoms with Crippen LogP contribution >= 0.6 is 11.8 Å². The van der Waals surface area contributed by atoms with Crippen LogP contribution in [0.15, 0.2) is 30.3 Å². The van der Waals surface area contributed by atoms with Gasteiger partial charge < -0.3 is 4.90 Å². The third-order valence-electron chi connectivity index (χ3n) is 2.53. The molecule has 1 saturated heterocycles. The molecule has 1 aromatic rings. The molecule has 0 aliphatic carbocycles. The summed E-state index contributed by atoms with van der Waals surface area (Å²) in [6.45, 7) is 2.08. The van der Waals surface area contributed by atoms with Crippen molar-refractivity contribution in [3.63, 3.8) is 0 Å². The Kier molecular flexibility index (Phi) is 2.77. The highest BCUT2D eigenvalue weighted by Crippen LogP contribution is 2.26. The van der Waals surface area contributed by atoms with Gasteiger partial charge in [0.05, 0.1) is 17.7 Å². The maximum atomic E-state index is 11.5. The Bertz CT molecular complexity index is 325. The third-order valence-corrected chi connectivity index (χ3v) is 3.44. The molecule has 0 N–H and O–H groups in total. The number of hydrogen-bond donors (Lipinski definition) is 0. The van der Waals surface area contributed by atoms with E-state index < -0.39 is 0 Å². The molecule has 0 aromatic heterocycles. The molecule has 74 valence electrons. The lowest BCUT2D eigenvalue weighted by molar-refractivity contribution is -0.128. The van der Waals surface area contributed by atoms with E-state index in [-0.39, 0.29) is 11.9 Å². The van der Waals surface area contributed by atoms with Gasteiger partial charge in [-0.05, 0) is 12.5 Å². The highest BCUT2D eigenvalue weighted by molar-refractivity contribution is 8.00. The Labute approximate surface area is 88.3 Å². The molecule has 1 amide bonds. The summed E-state index contributed by atoms with van der Waals surface area (Å²) in [5.41, 5.74) is 1.21. The summed E-state index contributed by atoms with van der Waals surface area (Å²) in [6.07, 6.45) is 0. The summed E-state index contributed by atoms with van der Waals surface area (Å²) in [7, 11) is 0. The molecule has 3 heteroatoms. The monoisotopic (exact) mass is 207 g/mol. The van der Waals surface area contributed by atoms with E-state index in [1.54, 1.807) is 11.8 Å². The van der Waals surface area contributed by atoms with Crippen molar-refractivity contribution in [2.45, 2.75) is 13.0 Å². The average Bonchev–Trinajstić information content (AvgIpc) is 2.65. The molecular weight excluding hydrogens is 194 g/mol. The van der Waals surface area contributed by atoms with Crippen molar-refractivity contribution < 1.29 is 4.79 Å². The van der Waals surface area contributed by atoms with E-state index >= 15 is 0 Å². The van der Waals surface area contributed by atoms with Crippen molar-refractivity contribution in [3.05, 3.63) is 35.9 Å². The molecule has 0 spiro atoms. The Hall–Kier alpha value is -0.960. The highest BCUT2D eigenvalue weighted by Gasteiger charge is 2.25. The molecule has 0 radical (unpaired) electrons. The number of carbonyl (C=O) groups excluding carboxylic acids is 1. The number of rotatable bonds is 2. The fraction of sp³-hybridized carbons (Fsp3) is 0.364. The molecule has 14 heavy (non-hydrogen) atoms. The van der Waals surface area contributed by atoms with Crippen LogP contribution in [0.3, 0.4) is 0 Å². The predicted octanol–water partition coefficient (Wildman–Crippen LogP) is 2.28. The summed E-state index contributed by atoms with van der Waals surface area (Å²) in [6, 6.07) is 10.4. The molecular formula is C11H13NOS. The standard InChI is InChI=1S/C11H13NOS/c1-9(10-5-3-2-4-6-10)12-8-14-7-11(12)13/h2-6,9H,7-8H2,1H3/t9-/m1/s1. The largest absolute Gasteiger partial charge is 0.326 e. The van der Waals surface area contributed by atoms with Crippen LogP contribution in [0.5, 0.6) is 0 Å².